The number of fused-ring (bicyclic) bond motifs is 1. The quantitative estimate of drug-likeness (QED) is 0.780. The van der Waals surface area contributed by atoms with Gasteiger partial charge in [-0.2, -0.15) is 0 Å². The van der Waals surface area contributed by atoms with Crippen molar-refractivity contribution in [1.82, 2.24) is 4.90 Å². The lowest BCUT2D eigenvalue weighted by Gasteiger charge is -2.21. The Morgan fingerprint density at radius 1 is 1.15 bits per heavy atom. The average Bonchev–Trinajstić information content (AvgIpc) is 3.05. The molecule has 1 aliphatic rings. The zero-order valence-electron chi connectivity index (χ0n) is 14.5. The number of rotatable bonds is 8. The van der Waals surface area contributed by atoms with Crippen LogP contribution in [0.2, 0.25) is 0 Å². The van der Waals surface area contributed by atoms with Crippen molar-refractivity contribution >= 4 is 0 Å². The van der Waals surface area contributed by atoms with E-state index in [0.29, 0.717) is 30.2 Å². The van der Waals surface area contributed by atoms with Gasteiger partial charge in [-0.1, -0.05) is 12.1 Å². The van der Waals surface area contributed by atoms with E-state index in [4.69, 9.17) is 14.2 Å². The summed E-state index contributed by atoms with van der Waals surface area (Å²) in [6.45, 7) is 1.28. The summed E-state index contributed by atoms with van der Waals surface area (Å²) in [5, 5.41) is 10.1. The molecule has 1 N–H and O–H groups in total. The van der Waals surface area contributed by atoms with Crippen LogP contribution in [0, 0.1) is 11.6 Å². The summed E-state index contributed by atoms with van der Waals surface area (Å²) in [5.41, 5.74) is 1.30. The van der Waals surface area contributed by atoms with Crippen molar-refractivity contribution in [2.24, 2.45) is 0 Å². The van der Waals surface area contributed by atoms with Gasteiger partial charge in [0.15, 0.2) is 11.5 Å². The van der Waals surface area contributed by atoms with Crippen LogP contribution in [0.5, 0.6) is 11.5 Å². The molecule has 5 nitrogen and oxygen atoms in total. The topological polar surface area (TPSA) is 51.2 Å². The number of aliphatic hydroxyl groups excluding tert-OH is 1. The van der Waals surface area contributed by atoms with E-state index in [-0.39, 0.29) is 19.9 Å². The SMILES string of the molecule is CN(Cc1ccc(F)cc1F)CC(O)COCc1ccc2c(c1)OCO2. The lowest BCUT2D eigenvalue weighted by Crippen LogP contribution is -2.32. The van der Waals surface area contributed by atoms with Gasteiger partial charge in [-0.15, -0.1) is 0 Å². The fourth-order valence-electron chi connectivity index (χ4n) is 2.76. The van der Waals surface area contributed by atoms with Gasteiger partial charge in [0.2, 0.25) is 6.79 Å². The standard InChI is InChI=1S/C19H21F2NO4/c1-22(8-14-3-4-15(20)7-17(14)21)9-16(23)11-24-10-13-2-5-18-19(6-13)26-12-25-18/h2-7,16,23H,8-12H2,1H3. The van der Waals surface area contributed by atoms with Gasteiger partial charge in [0.05, 0.1) is 19.3 Å². The summed E-state index contributed by atoms with van der Waals surface area (Å²) < 4.78 is 42.7. The molecular weight excluding hydrogens is 344 g/mol. The molecule has 0 aliphatic carbocycles. The third-order valence-corrected chi connectivity index (χ3v) is 3.99. The predicted octanol–water partition coefficient (Wildman–Crippen LogP) is 2.70. The molecule has 1 unspecified atom stereocenters. The van der Waals surface area contributed by atoms with Crippen LogP contribution < -0.4 is 9.47 Å². The molecule has 3 rings (SSSR count). The number of hydrogen-bond donors (Lipinski definition) is 1. The molecule has 1 aliphatic heterocycles. The second-order valence-electron chi connectivity index (χ2n) is 6.29. The van der Waals surface area contributed by atoms with E-state index in [0.717, 1.165) is 11.6 Å². The maximum Gasteiger partial charge on any atom is 0.231 e. The third-order valence-electron chi connectivity index (χ3n) is 3.99. The molecule has 0 bridgehead atoms. The second-order valence-corrected chi connectivity index (χ2v) is 6.29. The van der Waals surface area contributed by atoms with Gasteiger partial charge in [-0.05, 0) is 30.8 Å². The average molecular weight is 365 g/mol. The second kappa shape index (κ2) is 8.44. The third kappa shape index (κ3) is 4.91. The molecule has 2 aromatic carbocycles. The van der Waals surface area contributed by atoms with Crippen molar-refractivity contribution in [3.63, 3.8) is 0 Å². The maximum absolute atomic E-state index is 13.7. The molecule has 0 saturated carbocycles. The Hall–Kier alpha value is -2.22. The van der Waals surface area contributed by atoms with Gasteiger partial charge >= 0.3 is 0 Å². The Bertz CT molecular complexity index is 756. The molecule has 26 heavy (non-hydrogen) atoms. The van der Waals surface area contributed by atoms with Crippen molar-refractivity contribution in [2.75, 3.05) is 27.0 Å². The minimum atomic E-state index is -0.725. The molecule has 140 valence electrons. The van der Waals surface area contributed by atoms with Crippen LogP contribution in [0.4, 0.5) is 8.78 Å². The monoisotopic (exact) mass is 365 g/mol. The lowest BCUT2D eigenvalue weighted by molar-refractivity contribution is 0.0125. The van der Waals surface area contributed by atoms with Crippen molar-refractivity contribution in [2.45, 2.75) is 19.3 Å². The van der Waals surface area contributed by atoms with E-state index in [2.05, 4.69) is 0 Å². The fraction of sp³-hybridized carbons (Fsp3) is 0.368. The first-order valence-electron chi connectivity index (χ1n) is 8.28. The highest BCUT2D eigenvalue weighted by molar-refractivity contribution is 5.44. The predicted molar refractivity (Wildman–Crippen MR) is 90.9 cm³/mol. The van der Waals surface area contributed by atoms with Gasteiger partial charge in [0.1, 0.15) is 11.6 Å². The molecule has 0 saturated heterocycles. The Morgan fingerprint density at radius 3 is 2.77 bits per heavy atom. The number of benzene rings is 2. The van der Waals surface area contributed by atoms with E-state index in [1.54, 1.807) is 11.9 Å². The first kappa shape index (κ1) is 18.6. The van der Waals surface area contributed by atoms with Crippen molar-refractivity contribution in [3.05, 3.63) is 59.2 Å². The van der Waals surface area contributed by atoms with Crippen LogP contribution in [-0.2, 0) is 17.9 Å². The molecule has 1 heterocycles. The molecule has 0 spiro atoms. The van der Waals surface area contributed by atoms with Crippen LogP contribution in [-0.4, -0.2) is 43.1 Å². The maximum atomic E-state index is 13.7. The van der Waals surface area contributed by atoms with Crippen LogP contribution in [0.15, 0.2) is 36.4 Å². The minimum absolute atomic E-state index is 0.144. The fourth-order valence-corrected chi connectivity index (χ4v) is 2.76. The highest BCUT2D eigenvalue weighted by Crippen LogP contribution is 2.32. The van der Waals surface area contributed by atoms with E-state index in [1.807, 2.05) is 18.2 Å². The smallest absolute Gasteiger partial charge is 0.231 e. The van der Waals surface area contributed by atoms with Gasteiger partial charge in [-0.25, -0.2) is 8.78 Å². The van der Waals surface area contributed by atoms with Gasteiger partial charge < -0.3 is 19.3 Å². The Kier molecular flexibility index (Phi) is 6.03. The molecule has 0 aromatic heterocycles. The summed E-state index contributed by atoms with van der Waals surface area (Å²) in [5.74, 6) is 0.201. The summed E-state index contributed by atoms with van der Waals surface area (Å²) in [6.07, 6.45) is -0.725. The molecular formula is C19H21F2NO4. The molecule has 7 heteroatoms. The first-order valence-corrected chi connectivity index (χ1v) is 8.28. The number of likely N-dealkylation sites (N-methyl/N-ethyl adjacent to an activating group) is 1. The van der Waals surface area contributed by atoms with E-state index in [1.165, 1.54) is 12.1 Å². The van der Waals surface area contributed by atoms with Crippen molar-refractivity contribution in [3.8, 4) is 11.5 Å². The highest BCUT2D eigenvalue weighted by Gasteiger charge is 2.14. The number of ether oxygens (including phenoxy) is 3. The largest absolute Gasteiger partial charge is 0.454 e. The molecule has 2 aromatic rings. The Morgan fingerprint density at radius 2 is 1.96 bits per heavy atom. The summed E-state index contributed by atoms with van der Waals surface area (Å²) in [7, 11) is 1.75. The molecule has 0 fully saturated rings. The van der Waals surface area contributed by atoms with Crippen LogP contribution >= 0.6 is 0 Å². The lowest BCUT2D eigenvalue weighted by atomic mass is 10.2. The normalized spacial score (nSPS) is 14.0. The number of hydrogen-bond acceptors (Lipinski definition) is 5. The van der Waals surface area contributed by atoms with Crippen molar-refractivity contribution in [1.29, 1.82) is 0 Å². The van der Waals surface area contributed by atoms with Gasteiger partial charge in [0, 0.05) is 24.7 Å². The van der Waals surface area contributed by atoms with Gasteiger partial charge in [-0.3, -0.25) is 4.90 Å². The number of halogens is 2. The summed E-state index contributed by atoms with van der Waals surface area (Å²) in [4.78, 5) is 1.75. The van der Waals surface area contributed by atoms with Crippen LogP contribution in [0.3, 0.4) is 0 Å². The van der Waals surface area contributed by atoms with E-state index in [9.17, 15) is 13.9 Å². The van der Waals surface area contributed by atoms with Crippen LogP contribution in [0.1, 0.15) is 11.1 Å². The highest BCUT2D eigenvalue weighted by atomic mass is 19.1. The van der Waals surface area contributed by atoms with E-state index >= 15 is 0 Å². The molecule has 0 amide bonds. The number of nitrogens with zero attached hydrogens (tertiary/aromatic N) is 1. The minimum Gasteiger partial charge on any atom is -0.454 e. The zero-order chi connectivity index (χ0) is 18.5. The van der Waals surface area contributed by atoms with Gasteiger partial charge in [0.25, 0.3) is 0 Å². The Labute approximate surface area is 150 Å². The van der Waals surface area contributed by atoms with E-state index < -0.39 is 17.7 Å². The van der Waals surface area contributed by atoms with Crippen LogP contribution in [0.25, 0.3) is 0 Å². The molecule has 0 radical (unpaired) electrons. The van der Waals surface area contributed by atoms with Crippen molar-refractivity contribution < 1.29 is 28.1 Å². The molecule has 1 atom stereocenters. The number of aliphatic hydroxyl groups is 1. The Balaban J connectivity index is 1.41. The summed E-state index contributed by atoms with van der Waals surface area (Å²) >= 11 is 0. The zero-order valence-corrected chi connectivity index (χ0v) is 14.5. The first-order chi connectivity index (χ1) is 12.5. The summed E-state index contributed by atoms with van der Waals surface area (Å²) in [6, 6.07) is 9.03.